The molecular weight excluding hydrogens is 276 g/mol. The van der Waals surface area contributed by atoms with E-state index in [4.69, 9.17) is 0 Å². The molecule has 1 amide bonds. The van der Waals surface area contributed by atoms with E-state index >= 15 is 0 Å². The molecule has 20 heavy (non-hydrogen) atoms. The van der Waals surface area contributed by atoms with Gasteiger partial charge >= 0.3 is 5.69 Å². The van der Waals surface area contributed by atoms with Gasteiger partial charge in [0.05, 0.1) is 5.75 Å². The van der Waals surface area contributed by atoms with E-state index in [1.165, 1.54) is 4.68 Å². The van der Waals surface area contributed by atoms with Crippen molar-refractivity contribution in [1.29, 1.82) is 0 Å². The van der Waals surface area contributed by atoms with E-state index in [1.807, 2.05) is 0 Å². The van der Waals surface area contributed by atoms with Crippen molar-refractivity contribution in [1.82, 2.24) is 19.7 Å². The smallest absolute Gasteiger partial charge is 0.345 e. The highest BCUT2D eigenvalue weighted by Crippen LogP contribution is 2.13. The lowest BCUT2D eigenvalue weighted by Crippen LogP contribution is -2.37. The molecule has 1 atom stereocenters. The number of amides is 1. The summed E-state index contributed by atoms with van der Waals surface area (Å²) in [6.07, 6.45) is 2.36. The minimum Gasteiger partial charge on any atom is -0.353 e. The largest absolute Gasteiger partial charge is 0.353 e. The summed E-state index contributed by atoms with van der Waals surface area (Å²) in [4.78, 5) is 23.7. The Morgan fingerprint density at radius 3 is 2.95 bits per heavy atom. The third-order valence-electron chi connectivity index (χ3n) is 3.42. The maximum absolute atomic E-state index is 11.8. The number of aryl methyl sites for hydroxylation is 2. The summed E-state index contributed by atoms with van der Waals surface area (Å²) in [5, 5.41) is 7.76. The molecular formula is C13H22N4O2S. The second-order valence-corrected chi connectivity index (χ2v) is 6.99. The van der Waals surface area contributed by atoms with Gasteiger partial charge in [-0.1, -0.05) is 13.8 Å². The zero-order chi connectivity index (χ0) is 14.7. The number of thioether (sulfide) groups is 1. The van der Waals surface area contributed by atoms with Crippen LogP contribution in [-0.2, 0) is 24.8 Å². The fraction of sp³-hybridized carbons (Fsp3) is 0.769. The molecule has 0 aliphatic carbocycles. The van der Waals surface area contributed by atoms with Gasteiger partial charge < -0.3 is 5.32 Å². The number of nitrogens with one attached hydrogen (secondary N) is 1. The molecule has 1 aromatic rings. The molecule has 0 fully saturated rings. The Morgan fingerprint density at radius 1 is 1.50 bits per heavy atom. The van der Waals surface area contributed by atoms with Gasteiger partial charge in [-0.05, 0) is 18.1 Å². The number of nitrogens with zero attached hydrogens (tertiary/aromatic N) is 3. The SMILES string of the molecule is CC(C)SCC(=O)NC1CCc2nn(C)c(=O)n2CC1. The first-order valence-corrected chi connectivity index (χ1v) is 8.06. The molecule has 7 heteroatoms. The maximum Gasteiger partial charge on any atom is 0.345 e. The summed E-state index contributed by atoms with van der Waals surface area (Å²) in [7, 11) is 1.67. The van der Waals surface area contributed by atoms with Crippen LogP contribution in [0.3, 0.4) is 0 Å². The standard InChI is InChI=1S/C13H22N4O2S/c1-9(2)20-8-12(18)14-10-4-5-11-15-16(3)13(19)17(11)7-6-10/h9-10H,4-8H2,1-3H3,(H,14,18). The van der Waals surface area contributed by atoms with Crippen molar-refractivity contribution in [2.75, 3.05) is 5.75 Å². The van der Waals surface area contributed by atoms with Gasteiger partial charge in [-0.15, -0.1) is 11.8 Å². The van der Waals surface area contributed by atoms with Crippen LogP contribution < -0.4 is 11.0 Å². The van der Waals surface area contributed by atoms with Crippen LogP contribution in [0.5, 0.6) is 0 Å². The molecule has 6 nitrogen and oxygen atoms in total. The van der Waals surface area contributed by atoms with Crippen molar-refractivity contribution in [3.05, 3.63) is 16.3 Å². The van der Waals surface area contributed by atoms with Crippen molar-refractivity contribution in [2.24, 2.45) is 7.05 Å². The lowest BCUT2D eigenvalue weighted by molar-refractivity contribution is -0.119. The minimum absolute atomic E-state index is 0.0673. The van der Waals surface area contributed by atoms with E-state index in [2.05, 4.69) is 24.3 Å². The Balaban J connectivity index is 1.89. The number of fused-ring (bicyclic) bond motifs is 1. The van der Waals surface area contributed by atoms with Gasteiger partial charge in [0.1, 0.15) is 5.82 Å². The molecule has 1 unspecified atom stereocenters. The van der Waals surface area contributed by atoms with Gasteiger partial charge in [0.25, 0.3) is 0 Å². The summed E-state index contributed by atoms with van der Waals surface area (Å²) >= 11 is 1.64. The molecule has 1 N–H and O–H groups in total. The van der Waals surface area contributed by atoms with Crippen LogP contribution in [0, 0.1) is 0 Å². The Hall–Kier alpha value is -1.24. The highest BCUT2D eigenvalue weighted by Gasteiger charge is 2.21. The average molecular weight is 298 g/mol. The fourth-order valence-corrected chi connectivity index (χ4v) is 2.92. The van der Waals surface area contributed by atoms with E-state index in [1.54, 1.807) is 23.4 Å². The van der Waals surface area contributed by atoms with E-state index in [9.17, 15) is 9.59 Å². The lowest BCUT2D eigenvalue weighted by Gasteiger charge is -2.16. The Labute approximate surface area is 122 Å². The molecule has 1 aliphatic heterocycles. The van der Waals surface area contributed by atoms with Crippen molar-refractivity contribution in [3.8, 4) is 0 Å². The number of hydrogen-bond acceptors (Lipinski definition) is 4. The number of carbonyl (C=O) groups is 1. The van der Waals surface area contributed by atoms with E-state index in [0.717, 1.165) is 25.1 Å². The van der Waals surface area contributed by atoms with Gasteiger partial charge in [-0.2, -0.15) is 5.10 Å². The second-order valence-electron chi connectivity index (χ2n) is 5.43. The molecule has 1 aromatic heterocycles. The minimum atomic E-state index is -0.0673. The van der Waals surface area contributed by atoms with Crippen LogP contribution in [0.2, 0.25) is 0 Å². The third-order valence-corrected chi connectivity index (χ3v) is 4.51. The van der Waals surface area contributed by atoms with Crippen molar-refractivity contribution in [2.45, 2.75) is 50.9 Å². The fourth-order valence-electron chi connectivity index (χ4n) is 2.35. The normalized spacial score (nSPS) is 18.7. The maximum atomic E-state index is 11.8. The van der Waals surface area contributed by atoms with Crippen LogP contribution >= 0.6 is 11.8 Å². The predicted octanol–water partition coefficient (Wildman–Crippen LogP) is 0.544. The monoisotopic (exact) mass is 298 g/mol. The second kappa shape index (κ2) is 6.47. The van der Waals surface area contributed by atoms with Crippen LogP contribution in [0.4, 0.5) is 0 Å². The summed E-state index contributed by atoms with van der Waals surface area (Å²) in [6.45, 7) is 4.79. The summed E-state index contributed by atoms with van der Waals surface area (Å²) < 4.78 is 3.10. The molecule has 0 saturated heterocycles. The third kappa shape index (κ3) is 3.65. The molecule has 0 saturated carbocycles. The van der Waals surface area contributed by atoms with Crippen molar-refractivity contribution in [3.63, 3.8) is 0 Å². The Kier molecular flexibility index (Phi) is 4.91. The Bertz CT molecular complexity index is 535. The van der Waals surface area contributed by atoms with E-state index in [0.29, 0.717) is 17.5 Å². The van der Waals surface area contributed by atoms with Gasteiger partial charge in [-0.3, -0.25) is 9.36 Å². The Morgan fingerprint density at radius 2 is 2.25 bits per heavy atom. The molecule has 2 rings (SSSR count). The van der Waals surface area contributed by atoms with Crippen molar-refractivity contribution >= 4 is 17.7 Å². The molecule has 1 aliphatic rings. The van der Waals surface area contributed by atoms with Gasteiger partial charge in [0.2, 0.25) is 5.91 Å². The molecule has 0 aromatic carbocycles. The molecule has 112 valence electrons. The first-order valence-electron chi connectivity index (χ1n) is 7.01. The molecule has 0 bridgehead atoms. The quantitative estimate of drug-likeness (QED) is 0.881. The van der Waals surface area contributed by atoms with Crippen LogP contribution in [0.15, 0.2) is 4.79 Å². The number of aromatic nitrogens is 3. The number of rotatable bonds is 4. The van der Waals surface area contributed by atoms with E-state index in [-0.39, 0.29) is 17.6 Å². The van der Waals surface area contributed by atoms with Crippen molar-refractivity contribution < 1.29 is 4.79 Å². The summed E-state index contributed by atoms with van der Waals surface area (Å²) in [5.41, 5.74) is -0.0673. The highest BCUT2D eigenvalue weighted by atomic mass is 32.2. The molecule has 2 heterocycles. The topological polar surface area (TPSA) is 68.9 Å². The summed E-state index contributed by atoms with van der Waals surface area (Å²) in [5.74, 6) is 1.41. The van der Waals surface area contributed by atoms with Gasteiger partial charge in [0.15, 0.2) is 0 Å². The van der Waals surface area contributed by atoms with Crippen LogP contribution in [0.1, 0.15) is 32.5 Å². The number of carbonyl (C=O) groups excluding carboxylic acids is 1. The van der Waals surface area contributed by atoms with Crippen LogP contribution in [0.25, 0.3) is 0 Å². The molecule has 0 radical (unpaired) electrons. The zero-order valence-electron chi connectivity index (χ0n) is 12.3. The molecule has 0 spiro atoms. The zero-order valence-corrected chi connectivity index (χ0v) is 13.1. The summed E-state index contributed by atoms with van der Waals surface area (Å²) in [6, 6.07) is 0.140. The van der Waals surface area contributed by atoms with Gasteiger partial charge in [0, 0.05) is 26.1 Å². The highest BCUT2D eigenvalue weighted by molar-refractivity contribution is 8.00. The number of hydrogen-bond donors (Lipinski definition) is 1. The first kappa shape index (κ1) is 15.2. The van der Waals surface area contributed by atoms with E-state index < -0.39 is 0 Å². The predicted molar refractivity (Wildman–Crippen MR) is 79.9 cm³/mol. The lowest BCUT2D eigenvalue weighted by atomic mass is 10.1. The average Bonchev–Trinajstić information content (AvgIpc) is 2.56. The first-order chi connectivity index (χ1) is 9.47. The van der Waals surface area contributed by atoms with Crippen LogP contribution in [-0.4, -0.2) is 37.3 Å². The van der Waals surface area contributed by atoms with Gasteiger partial charge in [-0.25, -0.2) is 9.48 Å².